The van der Waals surface area contributed by atoms with E-state index < -0.39 is 17.5 Å². The first kappa shape index (κ1) is 14.0. The highest BCUT2D eigenvalue weighted by Crippen LogP contribution is 2.37. The largest absolute Gasteiger partial charge is 0.356 e. The molecule has 6 heteroatoms. The normalized spacial score (nSPS) is 20.7. The second-order valence-electron chi connectivity index (χ2n) is 5.85. The van der Waals surface area contributed by atoms with Gasteiger partial charge >= 0.3 is 0 Å². The molecule has 2 saturated heterocycles. The van der Waals surface area contributed by atoms with E-state index in [1.165, 1.54) is 17.0 Å². The van der Waals surface area contributed by atoms with E-state index in [0.29, 0.717) is 38.9 Å². The van der Waals surface area contributed by atoms with E-state index >= 15 is 0 Å². The summed E-state index contributed by atoms with van der Waals surface area (Å²) in [6.45, 7) is 1.57. The van der Waals surface area contributed by atoms with Crippen LogP contribution in [-0.2, 0) is 4.79 Å². The third kappa shape index (κ3) is 2.50. The number of nitrogens with one attached hydrogen (secondary N) is 1. The predicted molar refractivity (Wildman–Crippen MR) is 71.6 cm³/mol. The molecule has 2 aliphatic rings. The minimum Gasteiger partial charge on any atom is -0.356 e. The molecular weight excluding hydrogens is 278 g/mol. The van der Waals surface area contributed by atoms with Crippen molar-refractivity contribution in [1.29, 1.82) is 0 Å². The number of nitrogens with zero attached hydrogens (tertiary/aromatic N) is 1. The summed E-state index contributed by atoms with van der Waals surface area (Å²) in [5, 5.41) is 2.82. The second kappa shape index (κ2) is 5.09. The van der Waals surface area contributed by atoms with Crippen molar-refractivity contribution in [3.05, 3.63) is 35.4 Å². The fourth-order valence-electron chi connectivity index (χ4n) is 3.13. The van der Waals surface area contributed by atoms with Crippen molar-refractivity contribution in [3.8, 4) is 0 Å². The first-order chi connectivity index (χ1) is 10.0. The first-order valence-corrected chi connectivity index (χ1v) is 7.01. The van der Waals surface area contributed by atoms with Crippen LogP contribution >= 0.6 is 0 Å². The van der Waals surface area contributed by atoms with Crippen molar-refractivity contribution < 1.29 is 18.4 Å². The molecule has 112 valence electrons. The molecule has 0 saturated carbocycles. The lowest BCUT2D eigenvalue weighted by molar-refractivity contribution is -0.119. The molecule has 2 fully saturated rings. The van der Waals surface area contributed by atoms with Gasteiger partial charge in [-0.15, -0.1) is 0 Å². The standard InChI is InChI=1S/C15H16F2N2O2/c16-11-3-1-2-10(13(11)17)14(21)19-6-4-15(5-7-19)8-12(20)18-9-15/h1-3H,4-9H2,(H,18,20). The highest BCUT2D eigenvalue weighted by Gasteiger charge is 2.41. The van der Waals surface area contributed by atoms with Crippen LogP contribution in [0.25, 0.3) is 0 Å². The number of benzene rings is 1. The average molecular weight is 294 g/mol. The van der Waals surface area contributed by atoms with Crippen LogP contribution in [0, 0.1) is 17.0 Å². The number of hydrogen-bond acceptors (Lipinski definition) is 2. The molecular formula is C15H16F2N2O2. The van der Waals surface area contributed by atoms with Crippen molar-refractivity contribution in [2.75, 3.05) is 19.6 Å². The summed E-state index contributed by atoms with van der Waals surface area (Å²) >= 11 is 0. The Balaban J connectivity index is 1.71. The van der Waals surface area contributed by atoms with E-state index in [-0.39, 0.29) is 16.9 Å². The molecule has 2 amide bonds. The number of carbonyl (C=O) groups excluding carboxylic acids is 2. The van der Waals surface area contributed by atoms with Crippen molar-refractivity contribution in [3.63, 3.8) is 0 Å². The highest BCUT2D eigenvalue weighted by molar-refractivity contribution is 5.94. The maximum atomic E-state index is 13.7. The number of piperidine rings is 1. The van der Waals surface area contributed by atoms with Crippen LogP contribution in [0.5, 0.6) is 0 Å². The van der Waals surface area contributed by atoms with Gasteiger partial charge in [-0.1, -0.05) is 6.07 Å². The van der Waals surface area contributed by atoms with E-state index in [4.69, 9.17) is 0 Å². The van der Waals surface area contributed by atoms with Gasteiger partial charge in [0.25, 0.3) is 5.91 Å². The van der Waals surface area contributed by atoms with Crippen molar-refractivity contribution in [1.82, 2.24) is 10.2 Å². The van der Waals surface area contributed by atoms with E-state index in [2.05, 4.69) is 5.32 Å². The monoisotopic (exact) mass is 294 g/mol. The Morgan fingerprint density at radius 1 is 1.24 bits per heavy atom. The minimum atomic E-state index is -1.10. The van der Waals surface area contributed by atoms with Gasteiger partial charge in [-0.3, -0.25) is 9.59 Å². The molecule has 1 spiro atoms. The lowest BCUT2D eigenvalue weighted by Crippen LogP contribution is -2.44. The topological polar surface area (TPSA) is 49.4 Å². The highest BCUT2D eigenvalue weighted by atomic mass is 19.2. The Morgan fingerprint density at radius 2 is 1.95 bits per heavy atom. The second-order valence-corrected chi connectivity index (χ2v) is 5.85. The Bertz CT molecular complexity index is 595. The summed E-state index contributed by atoms with van der Waals surface area (Å²) in [6, 6.07) is 3.62. The van der Waals surface area contributed by atoms with Crippen LogP contribution in [0.4, 0.5) is 8.78 Å². The number of likely N-dealkylation sites (tertiary alicyclic amines) is 1. The zero-order chi connectivity index (χ0) is 15.0. The summed E-state index contributed by atoms with van der Waals surface area (Å²) in [6.07, 6.45) is 1.90. The Kier molecular flexibility index (Phi) is 3.39. The van der Waals surface area contributed by atoms with Gasteiger partial charge in [0, 0.05) is 26.1 Å². The molecule has 0 atom stereocenters. The van der Waals surface area contributed by atoms with Crippen LogP contribution in [0.2, 0.25) is 0 Å². The maximum Gasteiger partial charge on any atom is 0.256 e. The molecule has 1 N–H and O–H groups in total. The molecule has 1 aromatic carbocycles. The number of carbonyl (C=O) groups is 2. The maximum absolute atomic E-state index is 13.7. The van der Waals surface area contributed by atoms with Crippen molar-refractivity contribution in [2.45, 2.75) is 19.3 Å². The summed E-state index contributed by atoms with van der Waals surface area (Å²) in [7, 11) is 0. The Labute approximate surface area is 121 Å². The number of amides is 2. The van der Waals surface area contributed by atoms with E-state index in [1.807, 2.05) is 0 Å². The summed E-state index contributed by atoms with van der Waals surface area (Å²) in [5.41, 5.74) is -0.305. The van der Waals surface area contributed by atoms with Gasteiger partial charge in [0.15, 0.2) is 11.6 Å². The lowest BCUT2D eigenvalue weighted by atomic mass is 9.77. The minimum absolute atomic E-state index is 0.0472. The first-order valence-electron chi connectivity index (χ1n) is 7.01. The van der Waals surface area contributed by atoms with Crippen LogP contribution in [0.1, 0.15) is 29.6 Å². The van der Waals surface area contributed by atoms with E-state index in [9.17, 15) is 18.4 Å². The quantitative estimate of drug-likeness (QED) is 0.857. The fraction of sp³-hybridized carbons (Fsp3) is 0.467. The van der Waals surface area contributed by atoms with Gasteiger partial charge in [0.05, 0.1) is 5.56 Å². The SMILES string of the molecule is O=C1CC2(CCN(C(=O)c3cccc(F)c3F)CC2)CN1. The molecule has 2 aliphatic heterocycles. The van der Waals surface area contributed by atoms with Gasteiger partial charge in [-0.2, -0.15) is 0 Å². The van der Waals surface area contributed by atoms with Gasteiger partial charge in [0.2, 0.25) is 5.91 Å². The number of halogens is 2. The van der Waals surface area contributed by atoms with Crippen molar-refractivity contribution in [2.24, 2.45) is 5.41 Å². The zero-order valence-electron chi connectivity index (χ0n) is 11.5. The zero-order valence-corrected chi connectivity index (χ0v) is 11.5. The van der Waals surface area contributed by atoms with Crippen LogP contribution in [0.15, 0.2) is 18.2 Å². The van der Waals surface area contributed by atoms with Gasteiger partial charge in [0.1, 0.15) is 0 Å². The Morgan fingerprint density at radius 3 is 2.57 bits per heavy atom. The van der Waals surface area contributed by atoms with E-state index in [1.54, 1.807) is 0 Å². The molecule has 0 aromatic heterocycles. The lowest BCUT2D eigenvalue weighted by Gasteiger charge is -2.38. The average Bonchev–Trinajstić information content (AvgIpc) is 2.83. The molecule has 0 unspecified atom stereocenters. The summed E-state index contributed by atoms with van der Waals surface area (Å²) < 4.78 is 26.9. The molecule has 4 nitrogen and oxygen atoms in total. The van der Waals surface area contributed by atoms with Crippen molar-refractivity contribution >= 4 is 11.8 Å². The fourth-order valence-corrected chi connectivity index (χ4v) is 3.13. The van der Waals surface area contributed by atoms with Gasteiger partial charge in [-0.25, -0.2) is 8.78 Å². The van der Waals surface area contributed by atoms with E-state index in [0.717, 1.165) is 6.07 Å². The third-order valence-corrected chi connectivity index (χ3v) is 4.49. The van der Waals surface area contributed by atoms with Gasteiger partial charge in [-0.05, 0) is 30.4 Å². The Hall–Kier alpha value is -1.98. The molecule has 0 radical (unpaired) electrons. The molecule has 2 heterocycles. The van der Waals surface area contributed by atoms with Crippen LogP contribution < -0.4 is 5.32 Å². The molecule has 1 aromatic rings. The van der Waals surface area contributed by atoms with Crippen LogP contribution in [0.3, 0.4) is 0 Å². The number of rotatable bonds is 1. The molecule has 0 bridgehead atoms. The number of hydrogen-bond donors (Lipinski definition) is 1. The molecule has 0 aliphatic carbocycles. The predicted octanol–water partition coefficient (Wildman–Crippen LogP) is 1.71. The molecule has 3 rings (SSSR count). The van der Waals surface area contributed by atoms with Gasteiger partial charge < -0.3 is 10.2 Å². The molecule has 21 heavy (non-hydrogen) atoms. The smallest absolute Gasteiger partial charge is 0.256 e. The third-order valence-electron chi connectivity index (χ3n) is 4.49. The summed E-state index contributed by atoms with van der Waals surface area (Å²) in [4.78, 5) is 25.2. The summed E-state index contributed by atoms with van der Waals surface area (Å²) in [5.74, 6) is -2.55. The van der Waals surface area contributed by atoms with Crippen LogP contribution in [-0.4, -0.2) is 36.3 Å².